The molecular weight excluding hydrogens is 438 g/mol. The Morgan fingerprint density at radius 2 is 1.81 bits per heavy atom. The molecule has 2 aromatic carbocycles. The highest BCUT2D eigenvalue weighted by Gasteiger charge is 2.31. The van der Waals surface area contributed by atoms with Crippen molar-refractivity contribution >= 4 is 22.0 Å². The molecule has 0 aromatic heterocycles. The third-order valence-electron chi connectivity index (χ3n) is 3.97. The second-order valence-electron chi connectivity index (χ2n) is 6.24. The van der Waals surface area contributed by atoms with Gasteiger partial charge in [0.25, 0.3) is 5.91 Å². The summed E-state index contributed by atoms with van der Waals surface area (Å²) in [7, 11) is -4.46. The van der Waals surface area contributed by atoms with Gasteiger partial charge in [0.2, 0.25) is 10.0 Å². The first kappa shape index (κ1) is 24.1. The lowest BCUT2D eigenvalue weighted by atomic mass is 10.1. The lowest BCUT2D eigenvalue weighted by molar-refractivity contribution is -0.154. The van der Waals surface area contributed by atoms with Gasteiger partial charge in [0.05, 0.1) is 4.90 Å². The molecule has 0 bridgehead atoms. The highest BCUT2D eigenvalue weighted by molar-refractivity contribution is 7.89. The summed E-state index contributed by atoms with van der Waals surface area (Å²) in [5.74, 6) is -3.08. The van der Waals surface area contributed by atoms with E-state index in [1.54, 1.807) is 0 Å². The summed E-state index contributed by atoms with van der Waals surface area (Å²) in [6, 6.07) is 4.33. The molecule has 13 heteroatoms. The Morgan fingerprint density at radius 3 is 2.35 bits per heavy atom. The van der Waals surface area contributed by atoms with Crippen LogP contribution in [0.15, 0.2) is 47.4 Å². The molecule has 3 amide bonds. The molecule has 168 valence electrons. The highest BCUT2D eigenvalue weighted by Crippen LogP contribution is 2.27. The summed E-state index contributed by atoms with van der Waals surface area (Å²) in [4.78, 5) is 22.6. The van der Waals surface area contributed by atoms with Crippen LogP contribution in [-0.2, 0) is 14.8 Å². The van der Waals surface area contributed by atoms with Gasteiger partial charge in [0.15, 0.2) is 11.6 Å². The molecule has 0 heterocycles. The third kappa shape index (κ3) is 6.42. The quantitative estimate of drug-likeness (QED) is 0.326. The van der Waals surface area contributed by atoms with Crippen LogP contribution in [-0.4, -0.2) is 43.2 Å². The lowest BCUT2D eigenvalue weighted by Crippen LogP contribution is -2.50. The van der Waals surface area contributed by atoms with E-state index in [0.29, 0.717) is 6.07 Å². The minimum absolute atomic E-state index is 0.0948. The van der Waals surface area contributed by atoms with Gasteiger partial charge in [-0.25, -0.2) is 22.0 Å². The molecule has 10 nitrogen and oxygen atoms in total. The number of hydrogen-bond acceptors (Lipinski definition) is 7. The number of benzene rings is 2. The van der Waals surface area contributed by atoms with Crippen LogP contribution in [0.1, 0.15) is 12.8 Å². The van der Waals surface area contributed by atoms with E-state index in [0.717, 1.165) is 24.3 Å². The number of primary amides is 1. The van der Waals surface area contributed by atoms with Crippen molar-refractivity contribution in [1.82, 2.24) is 9.79 Å². The molecule has 6 N–H and O–H groups in total. The standard InChI is InChI=1S/C18H20F2N4O6S/c19-11-3-5-12(6-4-11)30-16-8-7-13(10-14(16)20)31(28,29)23-15(2-1-9-21)17(25)24(27)18(22)26/h3-8,10,15,23,27H,1-2,9,21H2,(H2,22,26)/t15-/m1/s1. The molecule has 31 heavy (non-hydrogen) atoms. The van der Waals surface area contributed by atoms with Gasteiger partial charge in [-0.1, -0.05) is 0 Å². The van der Waals surface area contributed by atoms with Crippen LogP contribution in [0.4, 0.5) is 13.6 Å². The number of imide groups is 1. The highest BCUT2D eigenvalue weighted by atomic mass is 32.2. The summed E-state index contributed by atoms with van der Waals surface area (Å²) in [6.07, 6.45) is 0.0114. The largest absolute Gasteiger partial charge is 0.454 e. The molecular formula is C18H20F2N4O6S. The molecule has 0 aliphatic rings. The van der Waals surface area contributed by atoms with Crippen molar-refractivity contribution in [1.29, 1.82) is 0 Å². The first-order chi connectivity index (χ1) is 14.5. The summed E-state index contributed by atoms with van der Waals surface area (Å²) in [5.41, 5.74) is 10.2. The van der Waals surface area contributed by atoms with E-state index in [2.05, 4.69) is 0 Å². The van der Waals surface area contributed by atoms with Crippen molar-refractivity contribution in [2.45, 2.75) is 23.8 Å². The molecule has 0 fully saturated rings. The smallest absolute Gasteiger partial charge is 0.346 e. The normalized spacial score (nSPS) is 12.3. The fourth-order valence-corrected chi connectivity index (χ4v) is 3.66. The molecule has 0 spiro atoms. The van der Waals surface area contributed by atoms with Gasteiger partial charge in [-0.15, -0.1) is 5.06 Å². The topological polar surface area (TPSA) is 165 Å². The van der Waals surface area contributed by atoms with Gasteiger partial charge in [0, 0.05) is 0 Å². The number of nitrogens with one attached hydrogen (secondary N) is 1. The van der Waals surface area contributed by atoms with Crippen molar-refractivity contribution in [3.8, 4) is 11.5 Å². The van der Waals surface area contributed by atoms with Gasteiger partial charge in [-0.3, -0.25) is 10.0 Å². The molecule has 0 saturated heterocycles. The number of ether oxygens (including phenoxy) is 1. The molecule has 0 aliphatic carbocycles. The number of nitrogens with two attached hydrogens (primary N) is 2. The summed E-state index contributed by atoms with van der Waals surface area (Å²) < 4.78 is 59.8. The first-order valence-electron chi connectivity index (χ1n) is 8.83. The summed E-state index contributed by atoms with van der Waals surface area (Å²) >= 11 is 0. The van der Waals surface area contributed by atoms with E-state index >= 15 is 0 Å². The minimum atomic E-state index is -4.46. The maximum absolute atomic E-state index is 14.4. The second-order valence-corrected chi connectivity index (χ2v) is 7.96. The Labute approximate surface area is 176 Å². The number of nitrogens with zero attached hydrogens (tertiary/aromatic N) is 1. The molecule has 0 aliphatic heterocycles. The third-order valence-corrected chi connectivity index (χ3v) is 5.43. The van der Waals surface area contributed by atoms with Crippen LogP contribution in [0.2, 0.25) is 0 Å². The average molecular weight is 458 g/mol. The maximum Gasteiger partial charge on any atom is 0.346 e. The van der Waals surface area contributed by atoms with Gasteiger partial charge in [0.1, 0.15) is 17.6 Å². The Bertz CT molecular complexity index is 1050. The van der Waals surface area contributed by atoms with E-state index in [9.17, 15) is 32.0 Å². The van der Waals surface area contributed by atoms with Gasteiger partial charge in [-0.05, 0) is 61.9 Å². The number of hydrogen-bond donors (Lipinski definition) is 4. The van der Waals surface area contributed by atoms with Crippen LogP contribution < -0.4 is 20.9 Å². The van der Waals surface area contributed by atoms with Crippen LogP contribution in [0.25, 0.3) is 0 Å². The molecule has 0 unspecified atom stereocenters. The predicted octanol–water partition coefficient (Wildman–Crippen LogP) is 1.44. The number of rotatable bonds is 9. The number of carbonyl (C=O) groups is 2. The van der Waals surface area contributed by atoms with Crippen LogP contribution in [0.5, 0.6) is 11.5 Å². The lowest BCUT2D eigenvalue weighted by Gasteiger charge is -2.20. The molecule has 2 rings (SSSR count). The Kier molecular flexibility index (Phi) is 7.99. The van der Waals surface area contributed by atoms with Crippen molar-refractivity contribution in [2.75, 3.05) is 6.54 Å². The average Bonchev–Trinajstić information content (AvgIpc) is 2.72. The fraction of sp³-hybridized carbons (Fsp3) is 0.222. The summed E-state index contributed by atoms with van der Waals surface area (Å²) in [5, 5.41) is 8.99. The second kappa shape index (κ2) is 10.3. The SMILES string of the molecule is NCCC[C@@H](NS(=O)(=O)c1ccc(Oc2ccc(F)cc2)c(F)c1)C(=O)N(O)C(N)=O. The Hall–Kier alpha value is -3.13. The Morgan fingerprint density at radius 1 is 1.16 bits per heavy atom. The van der Waals surface area contributed by atoms with Gasteiger partial charge in [-0.2, -0.15) is 4.72 Å². The van der Waals surface area contributed by atoms with E-state index in [-0.39, 0.29) is 30.9 Å². The predicted molar refractivity (Wildman–Crippen MR) is 103 cm³/mol. The van der Waals surface area contributed by atoms with Gasteiger partial charge >= 0.3 is 6.03 Å². The van der Waals surface area contributed by atoms with Crippen LogP contribution >= 0.6 is 0 Å². The maximum atomic E-state index is 14.4. The molecule has 1 atom stereocenters. The monoisotopic (exact) mass is 458 g/mol. The number of halogens is 2. The molecule has 0 saturated carbocycles. The first-order valence-corrected chi connectivity index (χ1v) is 10.3. The Balaban J connectivity index is 2.24. The van der Waals surface area contributed by atoms with Crippen LogP contribution in [0, 0.1) is 11.6 Å². The van der Waals surface area contributed by atoms with E-state index in [4.69, 9.17) is 16.2 Å². The molecule has 2 aromatic rings. The number of hydroxylamine groups is 2. The summed E-state index contributed by atoms with van der Waals surface area (Å²) in [6.45, 7) is 0.0948. The fourth-order valence-electron chi connectivity index (χ4n) is 2.43. The number of urea groups is 1. The van der Waals surface area contributed by atoms with E-state index in [1.807, 2.05) is 4.72 Å². The van der Waals surface area contributed by atoms with E-state index < -0.39 is 49.6 Å². The number of sulfonamides is 1. The van der Waals surface area contributed by atoms with E-state index in [1.165, 1.54) is 12.1 Å². The zero-order chi connectivity index (χ0) is 23.2. The molecule has 0 radical (unpaired) electrons. The van der Waals surface area contributed by atoms with Crippen LogP contribution in [0.3, 0.4) is 0 Å². The number of amides is 3. The van der Waals surface area contributed by atoms with Crippen molar-refractivity contribution < 1.29 is 36.7 Å². The zero-order valence-electron chi connectivity index (χ0n) is 16.0. The van der Waals surface area contributed by atoms with Crippen molar-refractivity contribution in [3.05, 3.63) is 54.1 Å². The zero-order valence-corrected chi connectivity index (χ0v) is 16.8. The van der Waals surface area contributed by atoms with Gasteiger partial charge < -0.3 is 16.2 Å². The van der Waals surface area contributed by atoms with Crippen molar-refractivity contribution in [3.63, 3.8) is 0 Å². The van der Waals surface area contributed by atoms with Crippen molar-refractivity contribution in [2.24, 2.45) is 11.5 Å². The number of carbonyl (C=O) groups excluding carboxylic acids is 2. The minimum Gasteiger partial charge on any atom is -0.454 e.